The first-order valence-corrected chi connectivity index (χ1v) is 6.77. The molecular weight excluding hydrogens is 218 g/mol. The van der Waals surface area contributed by atoms with E-state index in [2.05, 4.69) is 5.32 Å². The monoisotopic (exact) mass is 235 g/mol. The van der Waals surface area contributed by atoms with Crippen LogP contribution in [-0.2, 0) is 4.79 Å². The van der Waals surface area contributed by atoms with Crippen LogP contribution in [0.25, 0.3) is 0 Å². The molecule has 1 amide bonds. The summed E-state index contributed by atoms with van der Waals surface area (Å²) in [6.45, 7) is 2.67. The van der Waals surface area contributed by atoms with Crippen LogP contribution in [0.15, 0.2) is 0 Å². The van der Waals surface area contributed by atoms with Gasteiger partial charge in [0.05, 0.1) is 0 Å². The maximum atomic E-state index is 11.4. The number of hydrogen-bond acceptors (Lipinski definition) is 2. The molecular formula is C10H18ClNOS. The van der Waals surface area contributed by atoms with E-state index in [4.69, 9.17) is 11.6 Å². The molecule has 1 fully saturated rings. The van der Waals surface area contributed by atoms with Crippen molar-refractivity contribution in [2.75, 3.05) is 18.2 Å². The highest BCUT2D eigenvalue weighted by atomic mass is 35.5. The van der Waals surface area contributed by atoms with Crippen molar-refractivity contribution in [3.8, 4) is 0 Å². The van der Waals surface area contributed by atoms with Gasteiger partial charge in [0.25, 0.3) is 0 Å². The molecule has 1 N–H and O–H groups in total. The Labute approximate surface area is 95.2 Å². The summed E-state index contributed by atoms with van der Waals surface area (Å²) in [5, 5.41) is 3.58. The molecule has 1 rings (SSSR count). The van der Waals surface area contributed by atoms with E-state index in [0.717, 1.165) is 6.54 Å². The van der Waals surface area contributed by atoms with Gasteiger partial charge in [-0.05, 0) is 18.6 Å². The molecule has 1 saturated heterocycles. The van der Waals surface area contributed by atoms with Crippen LogP contribution < -0.4 is 5.32 Å². The fraction of sp³-hybridized carbons (Fsp3) is 0.900. The van der Waals surface area contributed by atoms with E-state index in [1.807, 2.05) is 18.7 Å². The number of halogens is 1. The third-order valence-electron chi connectivity index (χ3n) is 2.46. The highest BCUT2D eigenvalue weighted by molar-refractivity contribution is 7.99. The van der Waals surface area contributed by atoms with Gasteiger partial charge in [-0.15, -0.1) is 11.6 Å². The van der Waals surface area contributed by atoms with Crippen LogP contribution in [0.4, 0.5) is 0 Å². The zero-order valence-electron chi connectivity index (χ0n) is 8.59. The predicted molar refractivity (Wildman–Crippen MR) is 63.0 cm³/mol. The zero-order chi connectivity index (χ0) is 10.4. The van der Waals surface area contributed by atoms with Gasteiger partial charge in [0.1, 0.15) is 0 Å². The summed E-state index contributed by atoms with van der Waals surface area (Å²) in [6.07, 6.45) is 3.87. The smallest absolute Gasteiger partial charge is 0.224 e. The Hall–Kier alpha value is 0.110. The second-order valence-corrected chi connectivity index (χ2v) is 5.51. The van der Waals surface area contributed by atoms with Crippen molar-refractivity contribution in [2.24, 2.45) is 5.92 Å². The van der Waals surface area contributed by atoms with Gasteiger partial charge in [-0.3, -0.25) is 4.79 Å². The van der Waals surface area contributed by atoms with Crippen LogP contribution in [-0.4, -0.2) is 29.3 Å². The van der Waals surface area contributed by atoms with Crippen molar-refractivity contribution in [3.63, 3.8) is 0 Å². The number of thioether (sulfide) groups is 1. The fourth-order valence-electron chi connectivity index (χ4n) is 1.43. The van der Waals surface area contributed by atoms with Crippen molar-refractivity contribution in [1.29, 1.82) is 0 Å². The number of hydrogen-bond donors (Lipinski definition) is 1. The molecule has 0 bridgehead atoms. The van der Waals surface area contributed by atoms with Crippen molar-refractivity contribution >= 4 is 29.3 Å². The van der Waals surface area contributed by atoms with E-state index in [0.29, 0.717) is 11.1 Å². The van der Waals surface area contributed by atoms with Crippen LogP contribution in [0.3, 0.4) is 0 Å². The molecule has 1 aliphatic rings. The molecule has 0 aromatic heterocycles. The molecule has 0 radical (unpaired) electrons. The second kappa shape index (κ2) is 6.57. The lowest BCUT2D eigenvalue weighted by atomic mass is 10.1. The van der Waals surface area contributed by atoms with Gasteiger partial charge in [0.15, 0.2) is 0 Å². The largest absolute Gasteiger partial charge is 0.355 e. The molecule has 0 aliphatic carbocycles. The van der Waals surface area contributed by atoms with Crippen LogP contribution in [0.5, 0.6) is 0 Å². The maximum Gasteiger partial charge on any atom is 0.224 e. The van der Waals surface area contributed by atoms with E-state index in [1.165, 1.54) is 25.0 Å². The number of carbonyl (C=O) groups is 1. The van der Waals surface area contributed by atoms with Gasteiger partial charge in [-0.1, -0.05) is 13.3 Å². The second-order valence-electron chi connectivity index (χ2n) is 3.79. The first-order valence-electron chi connectivity index (χ1n) is 5.19. The van der Waals surface area contributed by atoms with Gasteiger partial charge in [-0.2, -0.15) is 11.8 Å². The van der Waals surface area contributed by atoms with Crippen LogP contribution in [0.1, 0.15) is 26.2 Å². The Morgan fingerprint density at radius 2 is 2.43 bits per heavy atom. The van der Waals surface area contributed by atoms with Gasteiger partial charge in [0.2, 0.25) is 5.91 Å². The minimum Gasteiger partial charge on any atom is -0.355 e. The number of nitrogens with one attached hydrogen (secondary N) is 1. The van der Waals surface area contributed by atoms with Gasteiger partial charge in [0, 0.05) is 23.6 Å². The lowest BCUT2D eigenvalue weighted by molar-refractivity contribution is -0.123. The first kappa shape index (κ1) is 12.2. The van der Waals surface area contributed by atoms with Gasteiger partial charge < -0.3 is 5.32 Å². The molecule has 0 aromatic rings. The van der Waals surface area contributed by atoms with E-state index in [1.54, 1.807) is 0 Å². The van der Waals surface area contributed by atoms with Crippen LogP contribution in [0, 0.1) is 5.92 Å². The minimum atomic E-state index is -0.0646. The summed E-state index contributed by atoms with van der Waals surface area (Å²) in [7, 11) is 0. The van der Waals surface area contributed by atoms with Gasteiger partial charge in [-0.25, -0.2) is 0 Å². The zero-order valence-corrected chi connectivity index (χ0v) is 10.2. The molecule has 14 heavy (non-hydrogen) atoms. The molecule has 2 atom stereocenters. The Kier molecular flexibility index (Phi) is 5.71. The predicted octanol–water partition coefficient (Wildman–Crippen LogP) is 2.26. The molecule has 82 valence electrons. The molecule has 1 heterocycles. The first-order chi connectivity index (χ1) is 6.74. The number of alkyl halides is 1. The molecule has 1 aliphatic heterocycles. The highest BCUT2D eigenvalue weighted by Crippen LogP contribution is 2.24. The average Bonchev–Trinajstić information content (AvgIpc) is 2.26. The van der Waals surface area contributed by atoms with E-state index in [9.17, 15) is 4.79 Å². The number of carbonyl (C=O) groups excluding carboxylic acids is 1. The Balaban J connectivity index is 2.15. The van der Waals surface area contributed by atoms with Crippen molar-refractivity contribution < 1.29 is 4.79 Å². The molecule has 0 saturated carbocycles. The van der Waals surface area contributed by atoms with Crippen molar-refractivity contribution in [2.45, 2.75) is 31.4 Å². The van der Waals surface area contributed by atoms with E-state index in [-0.39, 0.29) is 11.8 Å². The summed E-state index contributed by atoms with van der Waals surface area (Å²) >= 11 is 7.58. The molecule has 2 unspecified atom stereocenters. The maximum absolute atomic E-state index is 11.4. The third-order valence-corrected chi connectivity index (χ3v) is 4.32. The molecule has 0 aromatic carbocycles. The summed E-state index contributed by atoms with van der Waals surface area (Å²) in [4.78, 5) is 11.4. The number of rotatable bonds is 4. The standard InChI is InChI=1S/C10H18ClNOS/c1-8(6-11)10(13)12-7-9-4-2-3-5-14-9/h8-9H,2-7H2,1H3,(H,12,13). The number of amides is 1. The minimum absolute atomic E-state index is 0.0646. The SMILES string of the molecule is CC(CCl)C(=O)NCC1CCCCS1. The average molecular weight is 236 g/mol. The third kappa shape index (κ3) is 4.09. The van der Waals surface area contributed by atoms with Crippen LogP contribution >= 0.6 is 23.4 Å². The van der Waals surface area contributed by atoms with Crippen LogP contribution in [0.2, 0.25) is 0 Å². The Morgan fingerprint density at radius 1 is 1.64 bits per heavy atom. The molecule has 0 spiro atoms. The van der Waals surface area contributed by atoms with E-state index >= 15 is 0 Å². The van der Waals surface area contributed by atoms with Gasteiger partial charge >= 0.3 is 0 Å². The molecule has 2 nitrogen and oxygen atoms in total. The Morgan fingerprint density at radius 3 is 3.00 bits per heavy atom. The summed E-state index contributed by atoms with van der Waals surface area (Å²) in [5.41, 5.74) is 0. The molecule has 4 heteroatoms. The fourth-order valence-corrected chi connectivity index (χ4v) is 2.81. The lowest BCUT2D eigenvalue weighted by Crippen LogP contribution is -2.35. The summed E-state index contributed by atoms with van der Waals surface area (Å²) < 4.78 is 0. The summed E-state index contributed by atoms with van der Waals surface area (Å²) in [6, 6.07) is 0. The highest BCUT2D eigenvalue weighted by Gasteiger charge is 2.16. The van der Waals surface area contributed by atoms with E-state index < -0.39 is 0 Å². The quantitative estimate of drug-likeness (QED) is 0.758. The Bertz CT molecular complexity index is 183. The lowest BCUT2D eigenvalue weighted by Gasteiger charge is -2.22. The topological polar surface area (TPSA) is 29.1 Å². The normalized spacial score (nSPS) is 24.3. The summed E-state index contributed by atoms with van der Waals surface area (Å²) in [5.74, 6) is 1.67. The van der Waals surface area contributed by atoms with Crippen molar-refractivity contribution in [1.82, 2.24) is 5.32 Å². The van der Waals surface area contributed by atoms with Crippen molar-refractivity contribution in [3.05, 3.63) is 0 Å².